The van der Waals surface area contributed by atoms with Gasteiger partial charge in [-0.3, -0.25) is 19.7 Å². The molecule has 1 N–H and O–H groups in total. The van der Waals surface area contributed by atoms with Gasteiger partial charge in [-0.15, -0.1) is 0 Å². The van der Waals surface area contributed by atoms with Gasteiger partial charge in [-0.2, -0.15) is 0 Å². The van der Waals surface area contributed by atoms with Crippen LogP contribution in [0.3, 0.4) is 0 Å². The number of benzene rings is 1. The van der Waals surface area contributed by atoms with Crippen LogP contribution in [-0.4, -0.2) is 30.6 Å². The van der Waals surface area contributed by atoms with Crippen LogP contribution in [0, 0.1) is 0 Å². The molecule has 0 atom stereocenters. The highest BCUT2D eigenvalue weighted by molar-refractivity contribution is 6.13. The second-order valence-corrected chi connectivity index (χ2v) is 3.69. The molecule has 0 spiro atoms. The summed E-state index contributed by atoms with van der Waals surface area (Å²) in [6.07, 6.45) is 2.07. The summed E-state index contributed by atoms with van der Waals surface area (Å²) in [5, 5.41) is 1.92. The van der Waals surface area contributed by atoms with E-state index < -0.39 is 5.91 Å². The molecule has 1 rings (SSSR count). The maximum Gasteiger partial charge on any atom is 0.262 e. The number of hydrogen-bond acceptors (Lipinski definition) is 4. The van der Waals surface area contributed by atoms with Crippen LogP contribution in [0.5, 0.6) is 0 Å². The van der Waals surface area contributed by atoms with Crippen LogP contribution in [0.15, 0.2) is 42.1 Å². The molecule has 0 bridgehead atoms. The van der Waals surface area contributed by atoms with E-state index in [-0.39, 0.29) is 12.0 Å². The van der Waals surface area contributed by atoms with Gasteiger partial charge in [0.1, 0.15) is 0 Å². The number of rotatable bonds is 6. The highest BCUT2D eigenvalue weighted by atomic mass is 16.2. The van der Waals surface area contributed by atoms with Gasteiger partial charge in [-0.05, 0) is 5.56 Å². The standard InChI is InChI=1S/C13H14N2O3/c1-15(7-11-5-3-2-4-6-11)8-12(9-16)13(18)14-10-17/h2-6,8-10H,7H2,1H3,(H,14,17,18)/b12-8-. The number of carbonyl (C=O) groups is 3. The topological polar surface area (TPSA) is 66.5 Å². The number of nitrogens with one attached hydrogen (secondary N) is 1. The van der Waals surface area contributed by atoms with Gasteiger partial charge in [0.05, 0.1) is 5.57 Å². The molecule has 0 fully saturated rings. The summed E-state index contributed by atoms with van der Waals surface area (Å²) < 4.78 is 0. The smallest absolute Gasteiger partial charge is 0.262 e. The fourth-order valence-corrected chi connectivity index (χ4v) is 1.43. The molecule has 5 nitrogen and oxygen atoms in total. The summed E-state index contributed by atoms with van der Waals surface area (Å²) in [7, 11) is 1.74. The van der Waals surface area contributed by atoms with Gasteiger partial charge < -0.3 is 4.90 Å². The normalized spacial score (nSPS) is 10.6. The first-order valence-corrected chi connectivity index (χ1v) is 5.33. The van der Waals surface area contributed by atoms with E-state index in [1.165, 1.54) is 6.20 Å². The number of nitrogens with zero attached hydrogens (tertiary/aromatic N) is 1. The molecule has 0 aliphatic rings. The molecule has 0 unspecified atom stereocenters. The van der Waals surface area contributed by atoms with Crippen molar-refractivity contribution in [3.63, 3.8) is 0 Å². The lowest BCUT2D eigenvalue weighted by Gasteiger charge is -2.14. The predicted molar refractivity (Wildman–Crippen MR) is 66.3 cm³/mol. The molecule has 0 aromatic heterocycles. The van der Waals surface area contributed by atoms with E-state index in [1.807, 2.05) is 35.6 Å². The molecule has 0 heterocycles. The third-order valence-electron chi connectivity index (χ3n) is 2.21. The van der Waals surface area contributed by atoms with Crippen LogP contribution < -0.4 is 5.32 Å². The van der Waals surface area contributed by atoms with Crippen molar-refractivity contribution in [1.29, 1.82) is 0 Å². The van der Waals surface area contributed by atoms with E-state index in [9.17, 15) is 14.4 Å². The van der Waals surface area contributed by atoms with Crippen LogP contribution in [-0.2, 0) is 20.9 Å². The molecule has 0 aliphatic heterocycles. The van der Waals surface area contributed by atoms with E-state index in [1.54, 1.807) is 11.9 Å². The van der Waals surface area contributed by atoms with Crippen LogP contribution >= 0.6 is 0 Å². The Morgan fingerprint density at radius 1 is 1.28 bits per heavy atom. The third-order valence-corrected chi connectivity index (χ3v) is 2.21. The summed E-state index contributed by atoms with van der Waals surface area (Å²) in [6.45, 7) is 0.562. The van der Waals surface area contributed by atoms with Crippen molar-refractivity contribution in [2.75, 3.05) is 7.05 Å². The molecule has 0 radical (unpaired) electrons. The lowest BCUT2D eigenvalue weighted by molar-refractivity contribution is -0.123. The largest absolute Gasteiger partial charge is 0.375 e. The van der Waals surface area contributed by atoms with Crippen LogP contribution in [0.1, 0.15) is 5.56 Å². The Balaban J connectivity index is 2.71. The first-order chi connectivity index (χ1) is 8.67. The molecule has 18 heavy (non-hydrogen) atoms. The van der Waals surface area contributed by atoms with Crippen LogP contribution in [0.4, 0.5) is 0 Å². The molecule has 2 amide bonds. The number of amides is 2. The van der Waals surface area contributed by atoms with E-state index >= 15 is 0 Å². The number of imide groups is 1. The Kier molecular flexibility index (Phi) is 5.31. The van der Waals surface area contributed by atoms with Crippen molar-refractivity contribution < 1.29 is 14.4 Å². The number of carbonyl (C=O) groups excluding carboxylic acids is 3. The highest BCUT2D eigenvalue weighted by Gasteiger charge is 2.08. The second kappa shape index (κ2) is 7.01. The maximum atomic E-state index is 11.3. The van der Waals surface area contributed by atoms with Gasteiger partial charge in [0.15, 0.2) is 6.29 Å². The minimum absolute atomic E-state index is 0.0967. The fourth-order valence-electron chi connectivity index (χ4n) is 1.43. The average Bonchev–Trinajstić information content (AvgIpc) is 2.37. The minimum atomic E-state index is -0.708. The molecular weight excluding hydrogens is 232 g/mol. The Hall–Kier alpha value is -2.43. The van der Waals surface area contributed by atoms with E-state index in [4.69, 9.17) is 0 Å². The zero-order valence-electron chi connectivity index (χ0n) is 10.00. The average molecular weight is 246 g/mol. The predicted octanol–water partition coefficient (Wildman–Crippen LogP) is 0.474. The zero-order valence-corrected chi connectivity index (χ0v) is 10.00. The van der Waals surface area contributed by atoms with Gasteiger partial charge in [0.25, 0.3) is 5.91 Å². The second-order valence-electron chi connectivity index (χ2n) is 3.69. The Morgan fingerprint density at radius 2 is 1.94 bits per heavy atom. The summed E-state index contributed by atoms with van der Waals surface area (Å²) in [5.74, 6) is -0.708. The van der Waals surface area contributed by atoms with Crippen LogP contribution in [0.25, 0.3) is 0 Å². The van der Waals surface area contributed by atoms with E-state index in [0.29, 0.717) is 12.8 Å². The van der Waals surface area contributed by atoms with Crippen molar-refractivity contribution >= 4 is 18.6 Å². The highest BCUT2D eigenvalue weighted by Crippen LogP contribution is 2.04. The van der Waals surface area contributed by atoms with Crippen molar-refractivity contribution in [3.05, 3.63) is 47.7 Å². The fraction of sp³-hybridized carbons (Fsp3) is 0.154. The van der Waals surface area contributed by atoms with Crippen molar-refractivity contribution in [1.82, 2.24) is 10.2 Å². The first kappa shape index (κ1) is 13.6. The van der Waals surface area contributed by atoms with Gasteiger partial charge in [0.2, 0.25) is 6.41 Å². The van der Waals surface area contributed by atoms with E-state index in [0.717, 1.165) is 5.56 Å². The quantitative estimate of drug-likeness (QED) is 0.343. The van der Waals surface area contributed by atoms with Crippen molar-refractivity contribution in [3.8, 4) is 0 Å². The Morgan fingerprint density at radius 3 is 2.50 bits per heavy atom. The number of aldehydes is 1. The minimum Gasteiger partial charge on any atom is -0.375 e. The van der Waals surface area contributed by atoms with Gasteiger partial charge >= 0.3 is 0 Å². The molecule has 5 heteroatoms. The summed E-state index contributed by atoms with van der Waals surface area (Å²) >= 11 is 0. The summed E-state index contributed by atoms with van der Waals surface area (Å²) in [4.78, 5) is 33.9. The molecule has 1 aromatic rings. The molecule has 0 saturated carbocycles. The molecule has 94 valence electrons. The summed E-state index contributed by atoms with van der Waals surface area (Å²) in [5.41, 5.74) is 0.956. The van der Waals surface area contributed by atoms with Gasteiger partial charge in [-0.1, -0.05) is 30.3 Å². The van der Waals surface area contributed by atoms with Crippen LogP contribution in [0.2, 0.25) is 0 Å². The third kappa shape index (κ3) is 4.21. The molecule has 0 saturated heterocycles. The molecular formula is C13H14N2O3. The molecule has 1 aromatic carbocycles. The first-order valence-electron chi connectivity index (χ1n) is 5.33. The Bertz CT molecular complexity index is 455. The van der Waals surface area contributed by atoms with E-state index in [2.05, 4.69) is 0 Å². The molecule has 0 aliphatic carbocycles. The van der Waals surface area contributed by atoms with Gasteiger partial charge in [0, 0.05) is 19.8 Å². The lowest BCUT2D eigenvalue weighted by Crippen LogP contribution is -2.25. The Labute approximate surface area is 105 Å². The van der Waals surface area contributed by atoms with Gasteiger partial charge in [-0.25, -0.2) is 0 Å². The zero-order chi connectivity index (χ0) is 13.4. The number of hydrogen-bond donors (Lipinski definition) is 1. The van der Waals surface area contributed by atoms with Crippen molar-refractivity contribution in [2.24, 2.45) is 0 Å². The maximum absolute atomic E-state index is 11.3. The lowest BCUT2D eigenvalue weighted by atomic mass is 10.2. The summed E-state index contributed by atoms with van der Waals surface area (Å²) in [6, 6.07) is 9.61. The monoisotopic (exact) mass is 246 g/mol. The SMILES string of the molecule is CN(/C=C(/C=O)C(=O)NC=O)Cc1ccccc1. The van der Waals surface area contributed by atoms with Crippen molar-refractivity contribution in [2.45, 2.75) is 6.54 Å².